The van der Waals surface area contributed by atoms with Crippen LogP contribution in [0.1, 0.15) is 36.8 Å². The minimum atomic E-state index is -1.35. The number of rotatable bonds is 5. The maximum absolute atomic E-state index is 12.8. The number of benzene rings is 1. The van der Waals surface area contributed by atoms with Crippen molar-refractivity contribution in [2.45, 2.75) is 37.6 Å². The molecule has 1 aromatic rings. The van der Waals surface area contributed by atoms with Gasteiger partial charge in [-0.2, -0.15) is 0 Å². The van der Waals surface area contributed by atoms with Gasteiger partial charge in [-0.05, 0) is 56.3 Å². The van der Waals surface area contributed by atoms with Gasteiger partial charge in [0.05, 0.1) is 6.54 Å². The van der Waals surface area contributed by atoms with E-state index in [9.17, 15) is 19.5 Å². The molecule has 26 heavy (non-hydrogen) atoms. The van der Waals surface area contributed by atoms with Crippen molar-refractivity contribution < 1.29 is 19.5 Å². The van der Waals surface area contributed by atoms with Crippen LogP contribution in [0.3, 0.4) is 0 Å². The SMILES string of the molecule is NC(=O)CN1CCC(C(=O)N[C@]2(C(=O)O)CCCc3ccccc32)CC1. The molecule has 1 saturated heterocycles. The second-order valence-electron chi connectivity index (χ2n) is 7.23. The first-order valence-corrected chi connectivity index (χ1v) is 9.07. The zero-order valence-electron chi connectivity index (χ0n) is 14.7. The molecule has 2 amide bonds. The van der Waals surface area contributed by atoms with Gasteiger partial charge in [0.25, 0.3) is 0 Å². The van der Waals surface area contributed by atoms with Crippen LogP contribution in [-0.2, 0) is 26.3 Å². The largest absolute Gasteiger partial charge is 0.479 e. The Morgan fingerprint density at radius 3 is 2.58 bits per heavy atom. The highest BCUT2D eigenvalue weighted by Crippen LogP contribution is 2.36. The Morgan fingerprint density at radius 2 is 1.92 bits per heavy atom. The number of fused-ring (bicyclic) bond motifs is 1. The van der Waals surface area contributed by atoms with E-state index in [1.54, 1.807) is 6.07 Å². The molecule has 0 saturated carbocycles. The normalized spacial score (nSPS) is 23.8. The third-order valence-electron chi connectivity index (χ3n) is 5.51. The van der Waals surface area contributed by atoms with Crippen molar-refractivity contribution in [3.8, 4) is 0 Å². The topological polar surface area (TPSA) is 113 Å². The van der Waals surface area contributed by atoms with E-state index >= 15 is 0 Å². The highest BCUT2D eigenvalue weighted by molar-refractivity contribution is 5.89. The number of carboxylic acid groups (broad SMARTS) is 1. The summed E-state index contributed by atoms with van der Waals surface area (Å²) in [6, 6.07) is 7.45. The lowest BCUT2D eigenvalue weighted by Gasteiger charge is -2.38. The van der Waals surface area contributed by atoms with Crippen LogP contribution in [0.2, 0.25) is 0 Å². The number of piperidine rings is 1. The van der Waals surface area contributed by atoms with Crippen molar-refractivity contribution in [3.05, 3.63) is 35.4 Å². The quantitative estimate of drug-likeness (QED) is 0.713. The molecule has 7 heteroatoms. The van der Waals surface area contributed by atoms with Gasteiger partial charge in [-0.1, -0.05) is 24.3 Å². The van der Waals surface area contributed by atoms with Crippen LogP contribution in [0.15, 0.2) is 24.3 Å². The van der Waals surface area contributed by atoms with Gasteiger partial charge < -0.3 is 16.2 Å². The lowest BCUT2D eigenvalue weighted by atomic mass is 9.76. The molecule has 3 rings (SSSR count). The number of hydrogen-bond donors (Lipinski definition) is 3. The van der Waals surface area contributed by atoms with Gasteiger partial charge in [0, 0.05) is 5.92 Å². The molecule has 1 heterocycles. The Labute approximate surface area is 152 Å². The second kappa shape index (κ2) is 7.45. The summed E-state index contributed by atoms with van der Waals surface area (Å²) in [6.45, 7) is 1.41. The van der Waals surface area contributed by atoms with Crippen molar-refractivity contribution >= 4 is 17.8 Å². The summed E-state index contributed by atoms with van der Waals surface area (Å²) >= 11 is 0. The third-order valence-corrected chi connectivity index (χ3v) is 5.51. The number of nitrogens with one attached hydrogen (secondary N) is 1. The van der Waals surface area contributed by atoms with Crippen LogP contribution in [0.5, 0.6) is 0 Å². The molecule has 1 aliphatic heterocycles. The maximum Gasteiger partial charge on any atom is 0.334 e. The van der Waals surface area contributed by atoms with Crippen molar-refractivity contribution in [2.75, 3.05) is 19.6 Å². The number of aliphatic carboxylic acids is 1. The first kappa shape index (κ1) is 18.4. The van der Waals surface area contributed by atoms with Crippen LogP contribution >= 0.6 is 0 Å². The molecule has 1 aliphatic carbocycles. The highest BCUT2D eigenvalue weighted by atomic mass is 16.4. The van der Waals surface area contributed by atoms with Crippen LogP contribution in [0.25, 0.3) is 0 Å². The summed E-state index contributed by atoms with van der Waals surface area (Å²) in [7, 11) is 0. The molecule has 2 aliphatic rings. The molecule has 0 bridgehead atoms. The number of primary amides is 1. The Morgan fingerprint density at radius 1 is 1.23 bits per heavy atom. The zero-order valence-corrected chi connectivity index (χ0v) is 14.7. The van der Waals surface area contributed by atoms with E-state index in [-0.39, 0.29) is 24.3 Å². The monoisotopic (exact) mass is 359 g/mol. The first-order valence-electron chi connectivity index (χ1n) is 9.07. The predicted octanol–water partition coefficient (Wildman–Crippen LogP) is 0.616. The van der Waals surface area contributed by atoms with Crippen LogP contribution in [0.4, 0.5) is 0 Å². The summed E-state index contributed by atoms with van der Waals surface area (Å²) in [5.74, 6) is -1.85. The Kier molecular flexibility index (Phi) is 5.27. The summed E-state index contributed by atoms with van der Waals surface area (Å²) in [6.07, 6.45) is 3.13. The van der Waals surface area contributed by atoms with Gasteiger partial charge in [0.1, 0.15) is 0 Å². The number of amides is 2. The molecule has 1 fully saturated rings. The van der Waals surface area contributed by atoms with Gasteiger partial charge in [0.2, 0.25) is 11.8 Å². The van der Waals surface area contributed by atoms with E-state index < -0.39 is 11.5 Å². The summed E-state index contributed by atoms with van der Waals surface area (Å²) in [5.41, 5.74) is 5.54. The first-order chi connectivity index (χ1) is 12.4. The fourth-order valence-electron chi connectivity index (χ4n) is 4.12. The number of hydrogen-bond acceptors (Lipinski definition) is 4. The van der Waals surface area contributed by atoms with Crippen LogP contribution < -0.4 is 11.1 Å². The van der Waals surface area contributed by atoms with Crippen molar-refractivity contribution in [3.63, 3.8) is 0 Å². The Balaban J connectivity index is 1.73. The molecule has 0 radical (unpaired) electrons. The van der Waals surface area contributed by atoms with Gasteiger partial charge in [0.15, 0.2) is 5.54 Å². The molecule has 1 aromatic carbocycles. The number of carboxylic acids is 1. The van der Waals surface area contributed by atoms with Crippen LogP contribution in [0, 0.1) is 5.92 Å². The third kappa shape index (κ3) is 3.58. The highest BCUT2D eigenvalue weighted by Gasteiger charge is 2.45. The molecule has 0 unspecified atom stereocenters. The lowest BCUT2D eigenvalue weighted by Crippen LogP contribution is -2.56. The predicted molar refractivity (Wildman–Crippen MR) is 95.2 cm³/mol. The van der Waals surface area contributed by atoms with E-state index in [1.807, 2.05) is 23.1 Å². The molecule has 7 nitrogen and oxygen atoms in total. The number of carbonyl (C=O) groups excluding carboxylic acids is 2. The lowest BCUT2D eigenvalue weighted by molar-refractivity contribution is -0.150. The minimum Gasteiger partial charge on any atom is -0.479 e. The van der Waals surface area contributed by atoms with E-state index in [0.717, 1.165) is 18.4 Å². The van der Waals surface area contributed by atoms with E-state index in [4.69, 9.17) is 5.73 Å². The number of nitrogens with zero attached hydrogens (tertiary/aromatic N) is 1. The molecule has 140 valence electrons. The number of likely N-dealkylation sites (tertiary alicyclic amines) is 1. The van der Waals surface area contributed by atoms with E-state index in [0.29, 0.717) is 37.9 Å². The number of aryl methyl sites for hydroxylation is 1. The van der Waals surface area contributed by atoms with Crippen molar-refractivity contribution in [1.82, 2.24) is 10.2 Å². The summed E-state index contributed by atoms with van der Waals surface area (Å²) in [5, 5.41) is 12.8. The Hall–Kier alpha value is -2.41. The summed E-state index contributed by atoms with van der Waals surface area (Å²) in [4.78, 5) is 37.9. The molecular formula is C19H25N3O4. The zero-order chi connectivity index (χ0) is 18.7. The standard InChI is InChI=1S/C19H25N3O4/c20-16(23)12-22-10-7-14(8-11-22)17(24)21-19(18(25)26)9-3-5-13-4-1-2-6-15(13)19/h1-2,4,6,14H,3,5,7-12H2,(H2,20,23)(H,21,24)(H,25,26)/t19-/m1/s1. The maximum atomic E-state index is 12.8. The fraction of sp³-hybridized carbons (Fsp3) is 0.526. The second-order valence-corrected chi connectivity index (χ2v) is 7.23. The molecule has 0 aromatic heterocycles. The Bertz CT molecular complexity index is 712. The average molecular weight is 359 g/mol. The van der Waals surface area contributed by atoms with E-state index in [1.165, 1.54) is 0 Å². The molecule has 1 atom stereocenters. The van der Waals surface area contributed by atoms with E-state index in [2.05, 4.69) is 5.32 Å². The molecular weight excluding hydrogens is 334 g/mol. The average Bonchev–Trinajstić information content (AvgIpc) is 2.62. The van der Waals surface area contributed by atoms with Crippen LogP contribution in [-0.4, -0.2) is 47.4 Å². The van der Waals surface area contributed by atoms with Gasteiger partial charge in [-0.15, -0.1) is 0 Å². The molecule has 0 spiro atoms. The fourth-order valence-corrected chi connectivity index (χ4v) is 4.12. The smallest absolute Gasteiger partial charge is 0.334 e. The van der Waals surface area contributed by atoms with Crippen molar-refractivity contribution in [1.29, 1.82) is 0 Å². The number of nitrogens with two attached hydrogens (primary N) is 1. The van der Waals surface area contributed by atoms with Crippen molar-refractivity contribution in [2.24, 2.45) is 11.7 Å². The summed E-state index contributed by atoms with van der Waals surface area (Å²) < 4.78 is 0. The van der Waals surface area contributed by atoms with Gasteiger partial charge in [-0.3, -0.25) is 14.5 Å². The number of carbonyl (C=O) groups is 3. The van der Waals surface area contributed by atoms with Gasteiger partial charge >= 0.3 is 5.97 Å². The van der Waals surface area contributed by atoms with Gasteiger partial charge in [-0.25, -0.2) is 4.79 Å². The minimum absolute atomic E-state index is 0.195. The molecule has 4 N–H and O–H groups in total.